The first-order valence-corrected chi connectivity index (χ1v) is 9.09. The second-order valence-corrected chi connectivity index (χ2v) is 7.18. The zero-order chi connectivity index (χ0) is 19.0. The molecule has 0 aliphatic carbocycles. The second kappa shape index (κ2) is 6.89. The number of thiazole rings is 1. The molecule has 0 unspecified atom stereocenters. The van der Waals surface area contributed by atoms with Gasteiger partial charge in [0, 0.05) is 16.8 Å². The summed E-state index contributed by atoms with van der Waals surface area (Å²) in [6, 6.07) is 5.46. The first-order chi connectivity index (χ1) is 12.4. The molecule has 1 aromatic carbocycles. The maximum Gasteiger partial charge on any atom is 0.350 e. The van der Waals surface area contributed by atoms with Gasteiger partial charge in [0.2, 0.25) is 0 Å². The Labute approximate surface area is 154 Å². The van der Waals surface area contributed by atoms with Gasteiger partial charge in [-0.1, -0.05) is 13.8 Å². The SMILES string of the molecule is CCOC(=O)c1sc(-c2ccc3[nH]c(C(C)C)c(C#N)c3c2F)nc1C. The molecule has 0 spiro atoms. The van der Waals surface area contributed by atoms with Crippen LogP contribution < -0.4 is 0 Å². The van der Waals surface area contributed by atoms with Crippen LogP contribution in [0.1, 0.15) is 53.3 Å². The lowest BCUT2D eigenvalue weighted by molar-refractivity contribution is 0.0531. The Bertz CT molecular complexity index is 1040. The third-order valence-electron chi connectivity index (χ3n) is 4.11. The van der Waals surface area contributed by atoms with E-state index in [0.717, 1.165) is 11.3 Å². The number of carbonyl (C=O) groups excluding carboxylic acids is 1. The highest BCUT2D eigenvalue weighted by Crippen LogP contribution is 2.36. The number of aromatic amines is 1. The zero-order valence-electron chi connectivity index (χ0n) is 14.9. The number of nitriles is 1. The Kier molecular flexibility index (Phi) is 4.79. The van der Waals surface area contributed by atoms with Crippen molar-refractivity contribution >= 4 is 28.2 Å². The van der Waals surface area contributed by atoms with Crippen LogP contribution in [0, 0.1) is 24.1 Å². The van der Waals surface area contributed by atoms with Crippen molar-refractivity contribution in [2.24, 2.45) is 0 Å². The molecule has 3 rings (SSSR count). The van der Waals surface area contributed by atoms with E-state index in [2.05, 4.69) is 16.0 Å². The van der Waals surface area contributed by atoms with Crippen molar-refractivity contribution in [3.63, 3.8) is 0 Å². The lowest BCUT2D eigenvalue weighted by atomic mass is 10.0. The molecule has 0 fully saturated rings. The standard InChI is InChI=1S/C19H18FN3O2S/c1-5-25-19(24)17-10(4)22-18(26-17)11-6-7-13-14(15(11)20)12(8-21)16(23-13)9(2)3/h6-7,9,23H,5H2,1-4H3. The summed E-state index contributed by atoms with van der Waals surface area (Å²) >= 11 is 1.09. The number of esters is 1. The highest BCUT2D eigenvalue weighted by Gasteiger charge is 2.23. The molecule has 0 bridgehead atoms. The highest BCUT2D eigenvalue weighted by molar-refractivity contribution is 7.17. The normalized spacial score (nSPS) is 11.1. The van der Waals surface area contributed by atoms with Gasteiger partial charge in [-0.05, 0) is 31.9 Å². The van der Waals surface area contributed by atoms with Crippen LogP contribution in [0.2, 0.25) is 0 Å². The van der Waals surface area contributed by atoms with Crippen molar-refractivity contribution in [1.82, 2.24) is 9.97 Å². The number of aromatic nitrogens is 2. The lowest BCUT2D eigenvalue weighted by Gasteiger charge is -2.02. The minimum absolute atomic E-state index is 0.0671. The fraction of sp³-hybridized carbons (Fsp3) is 0.316. The van der Waals surface area contributed by atoms with Crippen LogP contribution in [0.4, 0.5) is 4.39 Å². The number of nitrogens with zero attached hydrogens (tertiary/aromatic N) is 2. The molecule has 3 aromatic rings. The Morgan fingerprint density at radius 2 is 2.19 bits per heavy atom. The van der Waals surface area contributed by atoms with Crippen LogP contribution >= 0.6 is 11.3 Å². The number of benzene rings is 1. The number of hydrogen-bond donors (Lipinski definition) is 1. The van der Waals surface area contributed by atoms with Gasteiger partial charge in [-0.3, -0.25) is 0 Å². The Morgan fingerprint density at radius 3 is 2.81 bits per heavy atom. The summed E-state index contributed by atoms with van der Waals surface area (Å²) in [5, 5.41) is 10.2. The second-order valence-electron chi connectivity index (χ2n) is 6.18. The van der Waals surface area contributed by atoms with Crippen molar-refractivity contribution in [2.45, 2.75) is 33.6 Å². The molecule has 1 N–H and O–H groups in total. The van der Waals surface area contributed by atoms with Crippen molar-refractivity contribution in [3.8, 4) is 16.6 Å². The molecule has 7 heteroatoms. The van der Waals surface area contributed by atoms with E-state index in [1.165, 1.54) is 0 Å². The van der Waals surface area contributed by atoms with Crippen LogP contribution in [0.25, 0.3) is 21.5 Å². The van der Waals surface area contributed by atoms with E-state index in [9.17, 15) is 10.1 Å². The topological polar surface area (TPSA) is 78.8 Å². The van der Waals surface area contributed by atoms with Gasteiger partial charge in [-0.2, -0.15) is 5.26 Å². The summed E-state index contributed by atoms with van der Waals surface area (Å²) < 4.78 is 20.3. The number of aryl methyl sites for hydroxylation is 1. The van der Waals surface area contributed by atoms with E-state index in [1.807, 2.05) is 13.8 Å². The van der Waals surface area contributed by atoms with Gasteiger partial charge in [0.1, 0.15) is 21.8 Å². The van der Waals surface area contributed by atoms with E-state index in [1.54, 1.807) is 26.0 Å². The largest absolute Gasteiger partial charge is 0.462 e. The number of H-pyrrole nitrogens is 1. The maximum absolute atomic E-state index is 15.2. The molecule has 0 aliphatic rings. The fourth-order valence-electron chi connectivity index (χ4n) is 2.88. The van der Waals surface area contributed by atoms with Crippen molar-refractivity contribution in [3.05, 3.63) is 39.8 Å². The lowest BCUT2D eigenvalue weighted by Crippen LogP contribution is -2.03. The molecule has 2 heterocycles. The van der Waals surface area contributed by atoms with E-state index < -0.39 is 11.8 Å². The van der Waals surface area contributed by atoms with E-state index in [0.29, 0.717) is 32.4 Å². The van der Waals surface area contributed by atoms with Crippen LogP contribution in [0.3, 0.4) is 0 Å². The van der Waals surface area contributed by atoms with Gasteiger partial charge in [0.15, 0.2) is 0 Å². The molecule has 0 saturated carbocycles. The number of fused-ring (bicyclic) bond motifs is 1. The van der Waals surface area contributed by atoms with E-state index in [4.69, 9.17) is 4.74 Å². The minimum atomic E-state index is -0.508. The smallest absolute Gasteiger partial charge is 0.350 e. The molecule has 2 aromatic heterocycles. The summed E-state index contributed by atoms with van der Waals surface area (Å²) in [6.45, 7) is 7.57. The molecule has 26 heavy (non-hydrogen) atoms. The monoisotopic (exact) mass is 371 g/mol. The average Bonchev–Trinajstić information content (AvgIpc) is 3.16. The van der Waals surface area contributed by atoms with Crippen LogP contribution in [-0.2, 0) is 4.74 Å². The van der Waals surface area contributed by atoms with Crippen molar-refractivity contribution < 1.29 is 13.9 Å². The number of halogens is 1. The maximum atomic E-state index is 15.2. The van der Waals surface area contributed by atoms with Crippen molar-refractivity contribution in [2.75, 3.05) is 6.61 Å². The molecule has 0 saturated heterocycles. The quantitative estimate of drug-likeness (QED) is 0.661. The third kappa shape index (κ3) is 2.86. The Hall–Kier alpha value is -2.72. The Morgan fingerprint density at radius 1 is 1.46 bits per heavy atom. The molecule has 0 atom stereocenters. The molecular weight excluding hydrogens is 353 g/mol. The van der Waals surface area contributed by atoms with Crippen LogP contribution in [0.5, 0.6) is 0 Å². The van der Waals surface area contributed by atoms with Crippen LogP contribution in [-0.4, -0.2) is 22.5 Å². The molecule has 0 radical (unpaired) electrons. The van der Waals surface area contributed by atoms with Crippen LogP contribution in [0.15, 0.2) is 12.1 Å². The molecule has 134 valence electrons. The summed E-state index contributed by atoms with van der Waals surface area (Å²) in [4.78, 5) is 19.8. The third-order valence-corrected chi connectivity index (χ3v) is 5.28. The predicted octanol–water partition coefficient (Wildman–Crippen LogP) is 4.91. The first-order valence-electron chi connectivity index (χ1n) is 8.28. The van der Waals surface area contributed by atoms with E-state index in [-0.39, 0.29) is 23.5 Å². The number of rotatable bonds is 4. The molecule has 0 amide bonds. The van der Waals surface area contributed by atoms with Gasteiger partial charge >= 0.3 is 5.97 Å². The van der Waals surface area contributed by atoms with Crippen molar-refractivity contribution in [1.29, 1.82) is 5.26 Å². The predicted molar refractivity (Wildman–Crippen MR) is 98.9 cm³/mol. The minimum Gasteiger partial charge on any atom is -0.462 e. The Balaban J connectivity index is 2.18. The van der Waals surface area contributed by atoms with E-state index >= 15 is 4.39 Å². The number of carbonyl (C=O) groups is 1. The summed E-state index contributed by atoms with van der Waals surface area (Å²) in [7, 11) is 0. The summed E-state index contributed by atoms with van der Waals surface area (Å²) in [6.07, 6.45) is 0. The molecule has 5 nitrogen and oxygen atoms in total. The summed E-state index contributed by atoms with van der Waals surface area (Å²) in [5.41, 5.74) is 2.37. The number of nitrogens with one attached hydrogen (secondary N) is 1. The highest BCUT2D eigenvalue weighted by atomic mass is 32.1. The number of ether oxygens (including phenoxy) is 1. The molecular formula is C19H18FN3O2S. The van der Waals surface area contributed by atoms with Gasteiger partial charge in [-0.15, -0.1) is 11.3 Å². The fourth-order valence-corrected chi connectivity index (χ4v) is 3.86. The van der Waals surface area contributed by atoms with Gasteiger partial charge in [0.25, 0.3) is 0 Å². The van der Waals surface area contributed by atoms with Gasteiger partial charge < -0.3 is 9.72 Å². The summed E-state index contributed by atoms with van der Waals surface area (Å²) in [5.74, 6) is -0.902. The first kappa shape index (κ1) is 18.1. The number of hydrogen-bond acceptors (Lipinski definition) is 5. The average molecular weight is 371 g/mol. The zero-order valence-corrected chi connectivity index (χ0v) is 15.8. The molecule has 0 aliphatic heterocycles. The van der Waals surface area contributed by atoms with Gasteiger partial charge in [0.05, 0.1) is 23.3 Å². The van der Waals surface area contributed by atoms with Gasteiger partial charge in [-0.25, -0.2) is 14.2 Å².